The van der Waals surface area contributed by atoms with Gasteiger partial charge in [-0.05, 0) is 67.3 Å². The van der Waals surface area contributed by atoms with Crippen LogP contribution in [0.1, 0.15) is 39.5 Å². The van der Waals surface area contributed by atoms with Crippen molar-refractivity contribution in [2.24, 2.45) is 17.8 Å². The molecule has 0 spiro atoms. The maximum Gasteiger partial charge on any atom is 0.323 e. The zero-order valence-corrected chi connectivity index (χ0v) is 18.2. The van der Waals surface area contributed by atoms with E-state index in [0.717, 1.165) is 43.5 Å². The first-order chi connectivity index (χ1) is 14.1. The Hall–Kier alpha value is -2.19. The van der Waals surface area contributed by atoms with Crippen LogP contribution in [-0.4, -0.2) is 51.9 Å². The Balaban J connectivity index is 0.00000256. The minimum Gasteiger partial charge on any atom is -0.490 e. The summed E-state index contributed by atoms with van der Waals surface area (Å²) in [6.45, 7) is 5.45. The Morgan fingerprint density at radius 2 is 2.03 bits per heavy atom. The van der Waals surface area contributed by atoms with Gasteiger partial charge in [0.2, 0.25) is 5.82 Å². The van der Waals surface area contributed by atoms with Crippen molar-refractivity contribution in [2.45, 2.75) is 51.7 Å². The molecule has 1 aromatic carbocycles. The van der Waals surface area contributed by atoms with E-state index in [2.05, 4.69) is 25.9 Å². The van der Waals surface area contributed by atoms with Gasteiger partial charge in [0.1, 0.15) is 11.8 Å². The van der Waals surface area contributed by atoms with Crippen molar-refractivity contribution in [3.8, 4) is 17.1 Å². The number of esters is 1. The zero-order chi connectivity index (χ0) is 20.2. The monoisotopic (exact) mass is 435 g/mol. The topological polar surface area (TPSA) is 102 Å². The molecule has 2 fully saturated rings. The SMILES string of the molecule is CC(C)COC(=O)[C@@H]1C[C@H]2C[C@@H](Oc3ccccc3-c3nn[nH]n3)CC[C@H]2CN1.Cl. The number of piperidine rings is 1. The summed E-state index contributed by atoms with van der Waals surface area (Å²) in [6, 6.07) is 7.58. The third-order valence-electron chi connectivity index (χ3n) is 5.87. The fourth-order valence-electron chi connectivity index (χ4n) is 4.37. The normalized spacial score (nSPS) is 25.8. The van der Waals surface area contributed by atoms with Gasteiger partial charge in [-0.3, -0.25) is 4.79 Å². The van der Waals surface area contributed by atoms with E-state index in [4.69, 9.17) is 9.47 Å². The van der Waals surface area contributed by atoms with Crippen LogP contribution in [0.25, 0.3) is 11.4 Å². The molecule has 2 aliphatic rings. The minimum atomic E-state index is -0.208. The van der Waals surface area contributed by atoms with Crippen LogP contribution < -0.4 is 10.1 Å². The van der Waals surface area contributed by atoms with Gasteiger partial charge in [0.25, 0.3) is 0 Å². The summed E-state index contributed by atoms with van der Waals surface area (Å²) in [5, 5.41) is 17.7. The molecule has 1 aliphatic heterocycles. The number of tetrazole rings is 1. The van der Waals surface area contributed by atoms with Gasteiger partial charge in [-0.15, -0.1) is 22.6 Å². The number of ether oxygens (including phenoxy) is 2. The Morgan fingerprint density at radius 1 is 1.20 bits per heavy atom. The van der Waals surface area contributed by atoms with Crippen molar-refractivity contribution >= 4 is 18.4 Å². The van der Waals surface area contributed by atoms with Crippen LogP contribution in [0.4, 0.5) is 0 Å². The Kier molecular flexibility index (Phi) is 7.66. The molecule has 0 bridgehead atoms. The molecule has 9 heteroatoms. The maximum absolute atomic E-state index is 12.4. The highest BCUT2D eigenvalue weighted by molar-refractivity contribution is 5.85. The number of halogens is 1. The van der Waals surface area contributed by atoms with Crippen LogP contribution in [0.3, 0.4) is 0 Å². The molecule has 164 valence electrons. The van der Waals surface area contributed by atoms with Crippen LogP contribution in [0.15, 0.2) is 24.3 Å². The Labute approximate surface area is 182 Å². The summed E-state index contributed by atoms with van der Waals surface area (Å²) in [6.07, 6.45) is 3.98. The summed E-state index contributed by atoms with van der Waals surface area (Å²) < 4.78 is 11.8. The lowest BCUT2D eigenvalue weighted by atomic mass is 9.72. The predicted octanol–water partition coefficient (Wildman–Crippen LogP) is 3.01. The van der Waals surface area contributed by atoms with E-state index >= 15 is 0 Å². The van der Waals surface area contributed by atoms with Crippen LogP contribution in [0.5, 0.6) is 5.75 Å². The Morgan fingerprint density at radius 3 is 2.80 bits per heavy atom. The number of hydrogen-bond donors (Lipinski definition) is 2. The van der Waals surface area contributed by atoms with Gasteiger partial charge in [0.15, 0.2) is 0 Å². The van der Waals surface area contributed by atoms with Gasteiger partial charge in [0.05, 0.1) is 18.3 Å². The first kappa shape index (κ1) is 22.5. The number of H-pyrrole nitrogens is 1. The lowest BCUT2D eigenvalue weighted by Crippen LogP contribution is -2.51. The molecule has 1 aliphatic carbocycles. The van der Waals surface area contributed by atoms with E-state index in [0.29, 0.717) is 30.2 Å². The molecule has 30 heavy (non-hydrogen) atoms. The number of carbonyl (C=O) groups excluding carboxylic acids is 1. The van der Waals surface area contributed by atoms with E-state index in [1.807, 2.05) is 38.1 Å². The molecule has 1 aromatic heterocycles. The van der Waals surface area contributed by atoms with Gasteiger partial charge in [0, 0.05) is 0 Å². The van der Waals surface area contributed by atoms with E-state index < -0.39 is 0 Å². The molecule has 4 atom stereocenters. The predicted molar refractivity (Wildman–Crippen MR) is 114 cm³/mol. The van der Waals surface area contributed by atoms with Gasteiger partial charge in [-0.2, -0.15) is 5.21 Å². The van der Waals surface area contributed by atoms with Crippen LogP contribution in [0.2, 0.25) is 0 Å². The number of aromatic nitrogens is 4. The molecule has 1 saturated carbocycles. The number of rotatable bonds is 6. The lowest BCUT2D eigenvalue weighted by molar-refractivity contribution is -0.149. The third-order valence-corrected chi connectivity index (χ3v) is 5.87. The second-order valence-corrected chi connectivity index (χ2v) is 8.53. The zero-order valence-electron chi connectivity index (χ0n) is 17.4. The molecular weight excluding hydrogens is 406 g/mol. The average Bonchev–Trinajstić information content (AvgIpc) is 3.26. The summed E-state index contributed by atoms with van der Waals surface area (Å²) in [7, 11) is 0. The van der Waals surface area contributed by atoms with Gasteiger partial charge in [-0.25, -0.2) is 0 Å². The number of nitrogens with one attached hydrogen (secondary N) is 2. The molecule has 8 nitrogen and oxygen atoms in total. The summed E-state index contributed by atoms with van der Waals surface area (Å²) in [5.74, 6) is 2.59. The van der Waals surface area contributed by atoms with Crippen molar-refractivity contribution in [2.75, 3.05) is 13.2 Å². The molecule has 2 heterocycles. The van der Waals surface area contributed by atoms with E-state index in [-0.39, 0.29) is 30.5 Å². The van der Waals surface area contributed by atoms with Gasteiger partial charge >= 0.3 is 5.97 Å². The average molecular weight is 436 g/mol. The fraction of sp³-hybridized carbons (Fsp3) is 0.619. The molecule has 1 saturated heterocycles. The third kappa shape index (κ3) is 5.29. The van der Waals surface area contributed by atoms with Crippen molar-refractivity contribution in [1.29, 1.82) is 0 Å². The molecule has 0 unspecified atom stereocenters. The second kappa shape index (κ2) is 10.2. The minimum absolute atomic E-state index is 0. The Bertz CT molecular complexity index is 817. The van der Waals surface area contributed by atoms with Crippen LogP contribution in [0, 0.1) is 17.8 Å². The molecule has 0 radical (unpaired) electrons. The lowest BCUT2D eigenvalue weighted by Gasteiger charge is -2.41. The van der Waals surface area contributed by atoms with Gasteiger partial charge in [-0.1, -0.05) is 26.0 Å². The number of nitrogens with zero attached hydrogens (tertiary/aromatic N) is 3. The summed E-state index contributed by atoms with van der Waals surface area (Å²) in [5.41, 5.74) is 0.837. The first-order valence-corrected chi connectivity index (χ1v) is 10.5. The summed E-state index contributed by atoms with van der Waals surface area (Å²) >= 11 is 0. The fourth-order valence-corrected chi connectivity index (χ4v) is 4.37. The van der Waals surface area contributed by atoms with E-state index in [9.17, 15) is 4.79 Å². The molecular formula is C21H30ClN5O3. The quantitative estimate of drug-likeness (QED) is 0.672. The number of para-hydroxylation sites is 1. The number of aromatic amines is 1. The van der Waals surface area contributed by atoms with E-state index in [1.54, 1.807) is 0 Å². The highest BCUT2D eigenvalue weighted by atomic mass is 35.5. The van der Waals surface area contributed by atoms with E-state index in [1.165, 1.54) is 0 Å². The number of fused-ring (bicyclic) bond motifs is 1. The highest BCUT2D eigenvalue weighted by Gasteiger charge is 2.39. The van der Waals surface area contributed by atoms with Gasteiger partial charge < -0.3 is 14.8 Å². The second-order valence-electron chi connectivity index (χ2n) is 8.53. The molecule has 4 rings (SSSR count). The molecule has 2 N–H and O–H groups in total. The van der Waals surface area contributed by atoms with Crippen molar-refractivity contribution in [3.05, 3.63) is 24.3 Å². The van der Waals surface area contributed by atoms with Crippen LogP contribution in [-0.2, 0) is 9.53 Å². The van der Waals surface area contributed by atoms with Crippen LogP contribution >= 0.6 is 12.4 Å². The smallest absolute Gasteiger partial charge is 0.323 e. The maximum atomic E-state index is 12.4. The standard InChI is InChI=1S/C21H29N5O3.ClH/c1-13(2)12-28-21(27)18-10-15-9-16(8-7-14(15)11-22-18)29-19-6-4-3-5-17(19)20-23-25-26-24-20;/h3-6,13-16,18,22H,7-12H2,1-2H3,(H,23,24,25,26);1H/t14-,15+,16-,18-;/m0./s1. The molecule has 2 aromatic rings. The molecule has 0 amide bonds. The number of benzene rings is 1. The number of carbonyl (C=O) groups is 1. The van der Waals surface area contributed by atoms with Crippen molar-refractivity contribution in [3.63, 3.8) is 0 Å². The highest BCUT2D eigenvalue weighted by Crippen LogP contribution is 2.38. The largest absolute Gasteiger partial charge is 0.490 e. The van der Waals surface area contributed by atoms with Crippen molar-refractivity contribution in [1.82, 2.24) is 25.9 Å². The first-order valence-electron chi connectivity index (χ1n) is 10.5. The summed E-state index contributed by atoms with van der Waals surface area (Å²) in [4.78, 5) is 12.4. The number of hydrogen-bond acceptors (Lipinski definition) is 7. The van der Waals surface area contributed by atoms with Crippen molar-refractivity contribution < 1.29 is 14.3 Å².